The number of hydrazine groups is 1. The van der Waals surface area contributed by atoms with Crippen molar-refractivity contribution in [2.75, 3.05) is 21.0 Å². The van der Waals surface area contributed by atoms with Crippen LogP contribution in [0, 0.1) is 0 Å². The summed E-state index contributed by atoms with van der Waals surface area (Å²) in [5.74, 6) is 6.75. The summed E-state index contributed by atoms with van der Waals surface area (Å²) in [6.07, 6.45) is 0.505. The smallest absolute Gasteiger partial charge is 0.283 e. The number of ether oxygens (including phenoxy) is 4. The second-order valence-corrected chi connectivity index (χ2v) is 4.98. The molecule has 0 saturated carbocycles. The number of benzene rings is 1. The Hall–Kier alpha value is -2.68. The van der Waals surface area contributed by atoms with Crippen molar-refractivity contribution in [1.29, 1.82) is 0 Å². The third-order valence-electron chi connectivity index (χ3n) is 3.64. The summed E-state index contributed by atoms with van der Waals surface area (Å²) in [4.78, 5) is 16.7. The first kappa shape index (κ1) is 15.2. The molecule has 23 heavy (non-hydrogen) atoms. The van der Waals surface area contributed by atoms with E-state index in [1.165, 1.54) is 0 Å². The van der Waals surface area contributed by atoms with E-state index in [9.17, 15) is 4.79 Å². The third-order valence-corrected chi connectivity index (χ3v) is 3.64. The number of carbonyl (C=O) groups is 1. The highest BCUT2D eigenvalue weighted by Gasteiger charge is 2.31. The molecule has 9 nitrogen and oxygen atoms in total. The molecule has 2 aliphatic rings. The van der Waals surface area contributed by atoms with Crippen LogP contribution in [0.3, 0.4) is 0 Å². The zero-order valence-corrected chi connectivity index (χ0v) is 12.8. The molecule has 1 aromatic carbocycles. The van der Waals surface area contributed by atoms with Crippen molar-refractivity contribution in [2.24, 2.45) is 11.0 Å². The van der Waals surface area contributed by atoms with E-state index in [0.29, 0.717) is 35.8 Å². The predicted molar refractivity (Wildman–Crippen MR) is 78.6 cm³/mol. The molecular formula is C14H17N3O6. The van der Waals surface area contributed by atoms with Gasteiger partial charge < -0.3 is 23.8 Å². The SMILES string of the molecule is COc1cc(CC2CC(C(=O)NN)=NO2)c(OC)c2c1OCO2. The van der Waals surface area contributed by atoms with E-state index in [2.05, 4.69) is 5.16 Å². The molecule has 2 heterocycles. The Balaban J connectivity index is 1.83. The van der Waals surface area contributed by atoms with Gasteiger partial charge in [0.1, 0.15) is 11.8 Å². The largest absolute Gasteiger partial charge is 0.493 e. The summed E-state index contributed by atoms with van der Waals surface area (Å²) in [6, 6.07) is 1.80. The second-order valence-electron chi connectivity index (χ2n) is 4.98. The van der Waals surface area contributed by atoms with Gasteiger partial charge in [0, 0.05) is 18.4 Å². The highest BCUT2D eigenvalue weighted by Crippen LogP contribution is 2.49. The Kier molecular flexibility index (Phi) is 4.11. The van der Waals surface area contributed by atoms with Gasteiger partial charge in [-0.25, -0.2) is 5.84 Å². The predicted octanol–water partition coefficient (Wildman–Crippen LogP) is 0.110. The lowest BCUT2D eigenvalue weighted by Gasteiger charge is -2.15. The maximum Gasteiger partial charge on any atom is 0.283 e. The monoisotopic (exact) mass is 323 g/mol. The maximum atomic E-state index is 11.5. The molecule has 124 valence electrons. The lowest BCUT2D eigenvalue weighted by Crippen LogP contribution is -2.36. The molecule has 0 aliphatic carbocycles. The molecule has 0 aromatic heterocycles. The van der Waals surface area contributed by atoms with Crippen LogP contribution >= 0.6 is 0 Å². The average molecular weight is 323 g/mol. The van der Waals surface area contributed by atoms with Crippen LogP contribution in [0.5, 0.6) is 23.0 Å². The molecule has 0 fully saturated rings. The summed E-state index contributed by atoms with van der Waals surface area (Å²) in [5.41, 5.74) is 3.10. The lowest BCUT2D eigenvalue weighted by molar-refractivity contribution is -0.115. The fraction of sp³-hybridized carbons (Fsp3) is 0.429. The van der Waals surface area contributed by atoms with Crippen LogP contribution in [-0.4, -0.2) is 38.7 Å². The number of nitrogens with two attached hydrogens (primary N) is 1. The zero-order valence-electron chi connectivity index (χ0n) is 12.8. The van der Waals surface area contributed by atoms with E-state index >= 15 is 0 Å². The van der Waals surface area contributed by atoms with Crippen molar-refractivity contribution >= 4 is 11.6 Å². The number of fused-ring (bicyclic) bond motifs is 1. The number of nitrogens with zero attached hydrogens (tertiary/aromatic N) is 1. The van der Waals surface area contributed by atoms with Crippen molar-refractivity contribution in [1.82, 2.24) is 5.43 Å². The highest BCUT2D eigenvalue weighted by molar-refractivity contribution is 6.38. The van der Waals surface area contributed by atoms with Crippen molar-refractivity contribution in [3.8, 4) is 23.0 Å². The third kappa shape index (κ3) is 2.70. The van der Waals surface area contributed by atoms with E-state index in [1.807, 2.05) is 5.43 Å². The Morgan fingerprint density at radius 3 is 2.87 bits per heavy atom. The molecule has 3 N–H and O–H groups in total. The van der Waals surface area contributed by atoms with Crippen LogP contribution in [0.2, 0.25) is 0 Å². The Morgan fingerprint density at radius 2 is 2.17 bits per heavy atom. The number of methoxy groups -OCH3 is 2. The van der Waals surface area contributed by atoms with Crippen LogP contribution in [-0.2, 0) is 16.1 Å². The molecule has 0 spiro atoms. The number of amides is 1. The number of nitrogens with one attached hydrogen (secondary N) is 1. The van der Waals surface area contributed by atoms with Crippen LogP contribution in [0.15, 0.2) is 11.2 Å². The summed E-state index contributed by atoms with van der Waals surface area (Å²) in [5, 5.41) is 3.75. The van der Waals surface area contributed by atoms with Gasteiger partial charge in [-0.2, -0.15) is 0 Å². The zero-order chi connectivity index (χ0) is 16.4. The van der Waals surface area contributed by atoms with Gasteiger partial charge in [0.25, 0.3) is 5.91 Å². The second kappa shape index (κ2) is 6.21. The van der Waals surface area contributed by atoms with Crippen LogP contribution in [0.1, 0.15) is 12.0 Å². The minimum absolute atomic E-state index is 0.107. The maximum absolute atomic E-state index is 11.5. The molecule has 9 heteroatoms. The molecule has 1 unspecified atom stereocenters. The van der Waals surface area contributed by atoms with E-state index in [1.54, 1.807) is 20.3 Å². The van der Waals surface area contributed by atoms with E-state index < -0.39 is 5.91 Å². The topological polar surface area (TPSA) is 114 Å². The van der Waals surface area contributed by atoms with Gasteiger partial charge >= 0.3 is 0 Å². The number of rotatable bonds is 5. The summed E-state index contributed by atoms with van der Waals surface area (Å²) in [7, 11) is 3.10. The molecule has 3 rings (SSSR count). The molecule has 0 bridgehead atoms. The van der Waals surface area contributed by atoms with Crippen molar-refractivity contribution in [3.63, 3.8) is 0 Å². The van der Waals surface area contributed by atoms with Gasteiger partial charge in [-0.1, -0.05) is 5.16 Å². The fourth-order valence-corrected chi connectivity index (χ4v) is 2.59. The first-order chi connectivity index (χ1) is 11.2. The molecule has 1 atom stereocenters. The molecule has 1 amide bonds. The van der Waals surface area contributed by atoms with Gasteiger partial charge in [0.2, 0.25) is 18.3 Å². The molecule has 1 aromatic rings. The number of hydrogen-bond acceptors (Lipinski definition) is 8. The molecular weight excluding hydrogens is 306 g/mol. The quantitative estimate of drug-likeness (QED) is 0.449. The Bertz CT molecular complexity index is 660. The molecule has 0 radical (unpaired) electrons. The van der Waals surface area contributed by atoms with E-state index in [0.717, 1.165) is 5.56 Å². The summed E-state index contributed by atoms with van der Waals surface area (Å²) >= 11 is 0. The summed E-state index contributed by atoms with van der Waals surface area (Å²) in [6.45, 7) is 0.107. The number of oxime groups is 1. The molecule has 0 saturated heterocycles. The Morgan fingerprint density at radius 1 is 1.39 bits per heavy atom. The van der Waals surface area contributed by atoms with Crippen molar-refractivity contribution in [2.45, 2.75) is 18.9 Å². The van der Waals surface area contributed by atoms with Gasteiger partial charge in [-0.15, -0.1) is 0 Å². The van der Waals surface area contributed by atoms with Crippen LogP contribution < -0.4 is 30.2 Å². The first-order valence-corrected chi connectivity index (χ1v) is 6.95. The fourth-order valence-electron chi connectivity index (χ4n) is 2.59. The van der Waals surface area contributed by atoms with Gasteiger partial charge in [-0.05, 0) is 6.07 Å². The van der Waals surface area contributed by atoms with Crippen molar-refractivity contribution in [3.05, 3.63) is 11.6 Å². The van der Waals surface area contributed by atoms with Gasteiger partial charge in [-0.3, -0.25) is 10.2 Å². The summed E-state index contributed by atoms with van der Waals surface area (Å²) < 4.78 is 21.6. The Labute approximate surface area is 132 Å². The minimum Gasteiger partial charge on any atom is -0.493 e. The van der Waals surface area contributed by atoms with Crippen molar-refractivity contribution < 1.29 is 28.6 Å². The first-order valence-electron chi connectivity index (χ1n) is 6.95. The van der Waals surface area contributed by atoms with Crippen LogP contribution in [0.4, 0.5) is 0 Å². The standard InChI is InChI=1S/C14H17N3O6/c1-19-10-4-7(11(20-2)13-12(10)21-6-22-13)3-8-5-9(17-23-8)14(18)16-15/h4,8H,3,5-6,15H2,1-2H3,(H,16,18). The van der Waals surface area contributed by atoms with E-state index in [4.69, 9.17) is 29.6 Å². The highest BCUT2D eigenvalue weighted by atomic mass is 16.7. The van der Waals surface area contributed by atoms with Gasteiger partial charge in [0.05, 0.1) is 14.2 Å². The average Bonchev–Trinajstić information content (AvgIpc) is 3.22. The van der Waals surface area contributed by atoms with Crippen LogP contribution in [0.25, 0.3) is 0 Å². The minimum atomic E-state index is -0.456. The number of carbonyl (C=O) groups excluding carboxylic acids is 1. The normalized spacial score (nSPS) is 18.2. The lowest BCUT2D eigenvalue weighted by atomic mass is 10.0. The van der Waals surface area contributed by atoms with E-state index in [-0.39, 0.29) is 18.6 Å². The van der Waals surface area contributed by atoms with Gasteiger partial charge in [0.15, 0.2) is 11.5 Å². The number of hydrogen-bond donors (Lipinski definition) is 2. The molecule has 2 aliphatic heterocycles.